The molecular formula is C33H40F3N3O4S. The molecule has 0 saturated heterocycles. The molecule has 0 aromatic heterocycles. The number of carbonyl (C=O) groups excluding carboxylic acids is 2. The second-order valence-electron chi connectivity index (χ2n) is 11.0. The van der Waals surface area contributed by atoms with Gasteiger partial charge in [0.15, 0.2) is 0 Å². The van der Waals surface area contributed by atoms with E-state index in [-0.39, 0.29) is 55.9 Å². The first-order chi connectivity index (χ1) is 20.7. The molecule has 0 radical (unpaired) electrons. The number of alkyl halides is 3. The van der Waals surface area contributed by atoms with E-state index in [1.807, 2.05) is 75.4 Å². The normalized spacial score (nSPS) is 13.2. The fraction of sp³-hybridized carbons (Fsp3) is 0.394. The van der Waals surface area contributed by atoms with Crippen LogP contribution < -0.4 is 9.62 Å². The molecule has 0 bridgehead atoms. The summed E-state index contributed by atoms with van der Waals surface area (Å²) in [5.41, 5.74) is 1.57. The quantitative estimate of drug-likeness (QED) is 0.233. The number of hydrogen-bond acceptors (Lipinski definition) is 4. The van der Waals surface area contributed by atoms with E-state index in [1.165, 1.54) is 11.0 Å². The monoisotopic (exact) mass is 631 g/mol. The Morgan fingerprint density at radius 3 is 2.20 bits per heavy atom. The third-order valence-corrected chi connectivity index (χ3v) is 8.52. The summed E-state index contributed by atoms with van der Waals surface area (Å²) in [6.07, 6.45) is -2.87. The van der Waals surface area contributed by atoms with Crippen LogP contribution in [0, 0.1) is 6.92 Å². The number of hydrogen-bond donors (Lipinski definition) is 1. The summed E-state index contributed by atoms with van der Waals surface area (Å²) in [6, 6.07) is 20.1. The van der Waals surface area contributed by atoms with E-state index in [9.17, 15) is 31.2 Å². The van der Waals surface area contributed by atoms with Gasteiger partial charge in [-0.25, -0.2) is 8.42 Å². The number of aryl methyl sites for hydroxylation is 1. The number of rotatable bonds is 14. The van der Waals surface area contributed by atoms with Crippen molar-refractivity contribution in [1.29, 1.82) is 0 Å². The van der Waals surface area contributed by atoms with Gasteiger partial charge in [-0.15, -0.1) is 0 Å². The van der Waals surface area contributed by atoms with Crippen LogP contribution >= 0.6 is 0 Å². The van der Waals surface area contributed by atoms with E-state index in [0.717, 1.165) is 45.5 Å². The molecule has 0 fully saturated rings. The number of amides is 2. The number of anilines is 1. The third-order valence-electron chi connectivity index (χ3n) is 7.32. The molecule has 3 aromatic carbocycles. The summed E-state index contributed by atoms with van der Waals surface area (Å²) >= 11 is 0. The lowest BCUT2D eigenvalue weighted by Crippen LogP contribution is -2.52. The number of sulfonamides is 1. The molecule has 7 nitrogen and oxygen atoms in total. The molecule has 0 aliphatic rings. The van der Waals surface area contributed by atoms with Crippen LogP contribution in [0.2, 0.25) is 0 Å². The fourth-order valence-electron chi connectivity index (χ4n) is 4.84. The van der Waals surface area contributed by atoms with Crippen molar-refractivity contribution >= 4 is 27.5 Å². The first-order valence-corrected chi connectivity index (χ1v) is 16.4. The van der Waals surface area contributed by atoms with Crippen LogP contribution in [0.15, 0.2) is 78.9 Å². The van der Waals surface area contributed by atoms with Crippen LogP contribution in [0.4, 0.5) is 18.9 Å². The van der Waals surface area contributed by atoms with Gasteiger partial charge in [-0.05, 0) is 56.0 Å². The minimum atomic E-state index is -4.64. The number of halogens is 3. The maximum atomic E-state index is 13.9. The summed E-state index contributed by atoms with van der Waals surface area (Å²) in [7, 11) is -3.96. The molecular weight excluding hydrogens is 591 g/mol. The van der Waals surface area contributed by atoms with Crippen molar-refractivity contribution in [2.24, 2.45) is 0 Å². The Balaban J connectivity index is 1.91. The Morgan fingerprint density at radius 1 is 0.932 bits per heavy atom. The van der Waals surface area contributed by atoms with Crippen LogP contribution in [-0.2, 0) is 38.8 Å². The van der Waals surface area contributed by atoms with Crippen LogP contribution in [0.5, 0.6) is 0 Å². The van der Waals surface area contributed by atoms with E-state index in [4.69, 9.17) is 0 Å². The minimum Gasteiger partial charge on any atom is -0.352 e. The van der Waals surface area contributed by atoms with Gasteiger partial charge >= 0.3 is 6.18 Å². The maximum absolute atomic E-state index is 13.9. The largest absolute Gasteiger partial charge is 0.416 e. The standard InChI is InChI=1S/C33H40F3N3O4S/c1-5-25(3)37-32(41)30(21-26-13-7-6-8-14-26)38(23-27-15-9-12-24(2)20-27)31(40)18-11-19-39(44(4,42)43)29-17-10-16-28(22-29)33(34,35)36/h6-10,12-17,20,22,25,30H,5,11,18-19,21,23H2,1-4H3,(H,37,41). The molecule has 44 heavy (non-hydrogen) atoms. The van der Waals surface area contributed by atoms with Crippen LogP contribution in [0.1, 0.15) is 55.4 Å². The average Bonchev–Trinajstić information content (AvgIpc) is 2.96. The second-order valence-corrected chi connectivity index (χ2v) is 12.9. The molecule has 2 atom stereocenters. The summed E-state index contributed by atoms with van der Waals surface area (Å²) < 4.78 is 66.1. The van der Waals surface area contributed by atoms with E-state index in [1.54, 1.807) is 0 Å². The minimum absolute atomic E-state index is 0.0253. The number of nitrogens with zero attached hydrogens (tertiary/aromatic N) is 2. The molecule has 3 aromatic rings. The molecule has 0 aliphatic carbocycles. The highest BCUT2D eigenvalue weighted by atomic mass is 32.2. The Labute approximate surface area is 258 Å². The summed E-state index contributed by atoms with van der Waals surface area (Å²) in [6.45, 7) is 5.70. The van der Waals surface area contributed by atoms with Crippen molar-refractivity contribution in [3.8, 4) is 0 Å². The van der Waals surface area contributed by atoms with Crippen LogP contribution in [0.3, 0.4) is 0 Å². The van der Waals surface area contributed by atoms with Gasteiger partial charge in [0.05, 0.1) is 17.5 Å². The lowest BCUT2D eigenvalue weighted by atomic mass is 10.0. The Kier molecular flexibility index (Phi) is 12.0. The highest BCUT2D eigenvalue weighted by Gasteiger charge is 2.33. The number of carbonyl (C=O) groups is 2. The van der Waals surface area contributed by atoms with Gasteiger partial charge in [-0.2, -0.15) is 13.2 Å². The SMILES string of the molecule is CCC(C)NC(=O)C(Cc1ccccc1)N(Cc1cccc(C)c1)C(=O)CCCN(c1cccc(C(F)(F)F)c1)S(C)(=O)=O. The summed E-state index contributed by atoms with van der Waals surface area (Å²) in [4.78, 5) is 29.1. The Bertz CT molecular complexity index is 1510. The average molecular weight is 632 g/mol. The van der Waals surface area contributed by atoms with Crippen LogP contribution in [-0.4, -0.2) is 50.0 Å². The van der Waals surface area contributed by atoms with Crippen molar-refractivity contribution in [2.45, 2.75) is 71.3 Å². The lowest BCUT2D eigenvalue weighted by molar-refractivity contribution is -0.141. The van der Waals surface area contributed by atoms with E-state index in [2.05, 4.69) is 5.32 Å². The van der Waals surface area contributed by atoms with Gasteiger partial charge in [0.25, 0.3) is 0 Å². The molecule has 0 spiro atoms. The second kappa shape index (κ2) is 15.2. The smallest absolute Gasteiger partial charge is 0.352 e. The predicted molar refractivity (Wildman–Crippen MR) is 166 cm³/mol. The Morgan fingerprint density at radius 2 is 1.59 bits per heavy atom. The first kappa shape index (κ1) is 34.6. The van der Waals surface area contributed by atoms with Crippen LogP contribution in [0.25, 0.3) is 0 Å². The molecule has 11 heteroatoms. The molecule has 0 heterocycles. The number of benzene rings is 3. The molecule has 3 rings (SSSR count). The predicted octanol–water partition coefficient (Wildman–Crippen LogP) is 6.11. The molecule has 0 saturated carbocycles. The molecule has 1 N–H and O–H groups in total. The van der Waals surface area contributed by atoms with Gasteiger partial charge in [0.2, 0.25) is 21.8 Å². The topological polar surface area (TPSA) is 86.8 Å². The highest BCUT2D eigenvalue weighted by Crippen LogP contribution is 2.32. The first-order valence-electron chi connectivity index (χ1n) is 14.5. The summed E-state index contributed by atoms with van der Waals surface area (Å²) in [5.74, 6) is -0.671. The van der Waals surface area contributed by atoms with E-state index >= 15 is 0 Å². The van der Waals surface area contributed by atoms with Gasteiger partial charge in [0, 0.05) is 32.0 Å². The van der Waals surface area contributed by atoms with E-state index in [0.29, 0.717) is 6.42 Å². The van der Waals surface area contributed by atoms with E-state index < -0.39 is 27.8 Å². The van der Waals surface area contributed by atoms with Gasteiger partial charge in [-0.1, -0.05) is 73.2 Å². The molecule has 0 aliphatic heterocycles. The van der Waals surface area contributed by atoms with Crippen molar-refractivity contribution in [1.82, 2.24) is 10.2 Å². The van der Waals surface area contributed by atoms with Crippen molar-refractivity contribution in [2.75, 3.05) is 17.1 Å². The zero-order valence-electron chi connectivity index (χ0n) is 25.5. The Hall–Kier alpha value is -3.86. The van der Waals surface area contributed by atoms with Gasteiger partial charge in [0.1, 0.15) is 6.04 Å². The molecule has 2 unspecified atom stereocenters. The fourth-order valence-corrected chi connectivity index (χ4v) is 5.80. The summed E-state index contributed by atoms with van der Waals surface area (Å²) in [5, 5.41) is 3.00. The highest BCUT2D eigenvalue weighted by molar-refractivity contribution is 7.92. The van der Waals surface area contributed by atoms with Crippen molar-refractivity contribution in [3.05, 3.63) is 101 Å². The lowest BCUT2D eigenvalue weighted by Gasteiger charge is -2.33. The number of nitrogens with one attached hydrogen (secondary N) is 1. The maximum Gasteiger partial charge on any atom is 0.416 e. The van der Waals surface area contributed by atoms with Gasteiger partial charge < -0.3 is 10.2 Å². The van der Waals surface area contributed by atoms with Crippen molar-refractivity contribution in [3.63, 3.8) is 0 Å². The zero-order chi connectivity index (χ0) is 32.5. The zero-order valence-corrected chi connectivity index (χ0v) is 26.3. The molecule has 238 valence electrons. The van der Waals surface area contributed by atoms with Crippen molar-refractivity contribution < 1.29 is 31.2 Å². The third kappa shape index (κ3) is 10.1. The van der Waals surface area contributed by atoms with Gasteiger partial charge in [-0.3, -0.25) is 13.9 Å². The molecule has 2 amide bonds.